The van der Waals surface area contributed by atoms with Gasteiger partial charge in [0.05, 0.1) is 24.3 Å². The van der Waals surface area contributed by atoms with E-state index in [0.29, 0.717) is 28.9 Å². The number of hydrogen-bond donors (Lipinski definition) is 0. The van der Waals surface area contributed by atoms with Crippen LogP contribution in [0.25, 0.3) is 0 Å². The van der Waals surface area contributed by atoms with Crippen molar-refractivity contribution < 1.29 is 9.21 Å². The van der Waals surface area contributed by atoms with Crippen molar-refractivity contribution in [3.8, 4) is 0 Å². The molecular formula is C22H19ClN4O2S. The first-order valence-electron chi connectivity index (χ1n) is 9.36. The number of thioether (sulfide) groups is 1. The smallest absolute Gasteiger partial charge is 0.242 e. The molecule has 30 heavy (non-hydrogen) atoms. The first kappa shape index (κ1) is 20.4. The van der Waals surface area contributed by atoms with Crippen LogP contribution in [0.1, 0.15) is 22.5 Å². The van der Waals surface area contributed by atoms with E-state index in [0.717, 1.165) is 16.7 Å². The molecule has 1 amide bonds. The maximum atomic E-state index is 13.1. The number of carbonyl (C=O) groups excluding carboxylic acids is 1. The number of amides is 1. The van der Waals surface area contributed by atoms with Gasteiger partial charge in [0.1, 0.15) is 5.76 Å². The SMILES string of the molecule is Cc1ccc(C[C@H]2S/C(=N\N=C/c3cccnc3)N(Cc3ccco3)C2=O)cc1Cl. The summed E-state index contributed by atoms with van der Waals surface area (Å²) in [7, 11) is 0. The fraction of sp³-hybridized carbons (Fsp3) is 0.182. The second-order valence-electron chi connectivity index (χ2n) is 6.81. The molecule has 0 radical (unpaired) electrons. The van der Waals surface area contributed by atoms with Crippen LogP contribution in [0, 0.1) is 6.92 Å². The van der Waals surface area contributed by atoms with E-state index in [2.05, 4.69) is 15.2 Å². The molecule has 1 aliphatic rings. The second-order valence-corrected chi connectivity index (χ2v) is 8.39. The number of furan rings is 1. The summed E-state index contributed by atoms with van der Waals surface area (Å²) < 4.78 is 5.43. The summed E-state index contributed by atoms with van der Waals surface area (Å²) in [6.07, 6.45) is 7.15. The Morgan fingerprint density at radius 2 is 2.20 bits per heavy atom. The zero-order valence-electron chi connectivity index (χ0n) is 16.2. The number of hydrogen-bond acceptors (Lipinski definition) is 6. The van der Waals surface area contributed by atoms with Gasteiger partial charge in [-0.25, -0.2) is 0 Å². The lowest BCUT2D eigenvalue weighted by molar-refractivity contribution is -0.126. The molecular weight excluding hydrogens is 420 g/mol. The van der Waals surface area contributed by atoms with Crippen molar-refractivity contribution in [1.82, 2.24) is 9.88 Å². The highest BCUT2D eigenvalue weighted by atomic mass is 35.5. The lowest BCUT2D eigenvalue weighted by Crippen LogP contribution is -2.32. The van der Waals surface area contributed by atoms with Gasteiger partial charge in [-0.3, -0.25) is 14.7 Å². The van der Waals surface area contributed by atoms with E-state index in [1.54, 1.807) is 35.8 Å². The van der Waals surface area contributed by atoms with E-state index in [1.807, 2.05) is 43.3 Å². The molecule has 3 aromatic rings. The first-order chi connectivity index (χ1) is 14.6. The Kier molecular flexibility index (Phi) is 6.30. The van der Waals surface area contributed by atoms with Gasteiger partial charge in [-0.2, -0.15) is 5.10 Å². The van der Waals surface area contributed by atoms with E-state index >= 15 is 0 Å². The first-order valence-corrected chi connectivity index (χ1v) is 10.6. The molecule has 1 aliphatic heterocycles. The summed E-state index contributed by atoms with van der Waals surface area (Å²) in [5.74, 6) is 0.662. The molecule has 1 saturated heterocycles. The fourth-order valence-corrected chi connectivity index (χ4v) is 4.33. The van der Waals surface area contributed by atoms with Gasteiger partial charge < -0.3 is 4.42 Å². The number of benzene rings is 1. The lowest BCUT2D eigenvalue weighted by atomic mass is 10.1. The van der Waals surface area contributed by atoms with Gasteiger partial charge >= 0.3 is 0 Å². The Hall–Kier alpha value is -2.90. The van der Waals surface area contributed by atoms with E-state index in [-0.39, 0.29) is 11.2 Å². The maximum Gasteiger partial charge on any atom is 0.242 e. The monoisotopic (exact) mass is 438 g/mol. The summed E-state index contributed by atoms with van der Waals surface area (Å²) in [6, 6.07) is 13.2. The number of halogens is 1. The van der Waals surface area contributed by atoms with Crippen LogP contribution in [0.5, 0.6) is 0 Å². The van der Waals surface area contributed by atoms with Crippen molar-refractivity contribution in [1.29, 1.82) is 0 Å². The van der Waals surface area contributed by atoms with Crippen LogP contribution in [0.2, 0.25) is 5.02 Å². The Bertz CT molecular complexity index is 1080. The molecule has 1 atom stereocenters. The maximum absolute atomic E-state index is 13.1. The summed E-state index contributed by atoms with van der Waals surface area (Å²) in [5, 5.41) is 9.42. The van der Waals surface area contributed by atoms with Gasteiger partial charge in [-0.15, -0.1) is 5.10 Å². The summed E-state index contributed by atoms with van der Waals surface area (Å²) >= 11 is 7.65. The minimum Gasteiger partial charge on any atom is -0.467 e. The Morgan fingerprint density at radius 3 is 2.93 bits per heavy atom. The highest BCUT2D eigenvalue weighted by Crippen LogP contribution is 2.32. The molecule has 0 N–H and O–H groups in total. The average molecular weight is 439 g/mol. The van der Waals surface area contributed by atoms with E-state index in [4.69, 9.17) is 16.0 Å². The van der Waals surface area contributed by atoms with Crippen LogP contribution < -0.4 is 0 Å². The number of nitrogens with zero attached hydrogens (tertiary/aromatic N) is 4. The van der Waals surface area contributed by atoms with Crippen LogP contribution >= 0.6 is 23.4 Å². The van der Waals surface area contributed by atoms with Crippen LogP contribution in [-0.2, 0) is 17.8 Å². The molecule has 0 bridgehead atoms. The van der Waals surface area contributed by atoms with Gasteiger partial charge in [0, 0.05) is 23.0 Å². The lowest BCUT2D eigenvalue weighted by Gasteiger charge is -2.14. The quantitative estimate of drug-likeness (QED) is 0.412. The molecule has 1 aromatic carbocycles. The van der Waals surface area contributed by atoms with E-state index in [9.17, 15) is 4.79 Å². The Labute approximate surface area is 183 Å². The standard InChI is InChI=1S/C22H19ClN4O2S/c1-15-6-7-16(10-19(15)23)11-20-21(28)27(14-18-5-3-9-29-18)22(30-20)26-25-13-17-4-2-8-24-12-17/h2-10,12-13,20H,11,14H2,1H3/b25-13-,26-22-/t20-/m1/s1. The number of rotatable bonds is 6. The molecule has 2 aromatic heterocycles. The van der Waals surface area contributed by atoms with Gasteiger partial charge in [0.15, 0.2) is 5.17 Å². The van der Waals surface area contributed by atoms with E-state index in [1.165, 1.54) is 11.8 Å². The number of carbonyl (C=O) groups is 1. The van der Waals surface area contributed by atoms with Crippen molar-refractivity contribution >= 4 is 40.7 Å². The van der Waals surface area contributed by atoms with Crippen molar-refractivity contribution in [2.45, 2.75) is 25.1 Å². The summed E-state index contributed by atoms with van der Waals surface area (Å²) in [5.41, 5.74) is 2.85. The number of amidine groups is 1. The molecule has 1 fully saturated rings. The number of aromatic nitrogens is 1. The van der Waals surface area contributed by atoms with Crippen molar-refractivity contribution in [2.24, 2.45) is 10.2 Å². The van der Waals surface area contributed by atoms with Crippen molar-refractivity contribution in [3.63, 3.8) is 0 Å². The van der Waals surface area contributed by atoms with Crippen molar-refractivity contribution in [3.05, 3.63) is 88.6 Å². The molecule has 8 heteroatoms. The van der Waals surface area contributed by atoms with Crippen LogP contribution in [0.4, 0.5) is 0 Å². The van der Waals surface area contributed by atoms with E-state index < -0.39 is 0 Å². The molecule has 0 unspecified atom stereocenters. The molecule has 0 aliphatic carbocycles. The van der Waals surface area contributed by atoms with Crippen LogP contribution in [0.15, 0.2) is 75.7 Å². The largest absolute Gasteiger partial charge is 0.467 e. The molecule has 0 saturated carbocycles. The van der Waals surface area contributed by atoms with Gasteiger partial charge in [-0.1, -0.05) is 41.6 Å². The molecule has 4 rings (SSSR count). The van der Waals surface area contributed by atoms with Crippen LogP contribution in [0.3, 0.4) is 0 Å². The van der Waals surface area contributed by atoms with Gasteiger partial charge in [0.25, 0.3) is 0 Å². The average Bonchev–Trinajstić information content (AvgIpc) is 3.36. The minimum absolute atomic E-state index is 0.0246. The summed E-state index contributed by atoms with van der Waals surface area (Å²) in [6.45, 7) is 2.27. The third-order valence-electron chi connectivity index (χ3n) is 4.61. The predicted molar refractivity (Wildman–Crippen MR) is 120 cm³/mol. The third kappa shape index (κ3) is 4.80. The molecule has 3 heterocycles. The van der Waals surface area contributed by atoms with Crippen LogP contribution in [-0.4, -0.2) is 32.4 Å². The van der Waals surface area contributed by atoms with Gasteiger partial charge in [-0.05, 0) is 48.7 Å². The topological polar surface area (TPSA) is 71.1 Å². The molecule has 0 spiro atoms. The molecule has 152 valence electrons. The van der Waals surface area contributed by atoms with Gasteiger partial charge in [0.2, 0.25) is 5.91 Å². The zero-order valence-corrected chi connectivity index (χ0v) is 17.8. The fourth-order valence-electron chi connectivity index (χ4n) is 2.99. The zero-order chi connectivity index (χ0) is 20.9. The normalized spacial score (nSPS) is 18.1. The second kappa shape index (κ2) is 9.28. The highest BCUT2D eigenvalue weighted by Gasteiger charge is 2.38. The Morgan fingerprint density at radius 1 is 1.30 bits per heavy atom. The summed E-state index contributed by atoms with van der Waals surface area (Å²) in [4.78, 5) is 18.8. The number of aryl methyl sites for hydroxylation is 1. The molecule has 6 nitrogen and oxygen atoms in total. The third-order valence-corrected chi connectivity index (χ3v) is 6.18. The predicted octanol–water partition coefficient (Wildman–Crippen LogP) is 4.71. The highest BCUT2D eigenvalue weighted by molar-refractivity contribution is 8.15. The minimum atomic E-state index is -0.300. The Balaban J connectivity index is 1.56. The van der Waals surface area contributed by atoms with Crippen molar-refractivity contribution in [2.75, 3.05) is 0 Å². The number of pyridine rings is 1.